The van der Waals surface area contributed by atoms with Gasteiger partial charge in [-0.25, -0.2) is 0 Å². The summed E-state index contributed by atoms with van der Waals surface area (Å²) in [5, 5.41) is 6.45. The standard InChI is InChI=1S/C16H21N3O2/c1-8-4-10(15-9(14(8)17)2-3-21-15)16(20)19-7-13-11-5-18-6-12(11)13/h4,11-13,18H,2-3,5-7,17H2,1H3,(H,19,20). The van der Waals surface area contributed by atoms with Gasteiger partial charge < -0.3 is 21.1 Å². The smallest absolute Gasteiger partial charge is 0.255 e. The van der Waals surface area contributed by atoms with Gasteiger partial charge in [-0.2, -0.15) is 0 Å². The molecule has 4 N–H and O–H groups in total. The summed E-state index contributed by atoms with van der Waals surface area (Å²) in [6, 6.07) is 1.85. The number of carbonyl (C=O) groups is 1. The van der Waals surface area contributed by atoms with Gasteiger partial charge in [-0.05, 0) is 49.4 Å². The minimum absolute atomic E-state index is 0.0332. The molecule has 2 fully saturated rings. The Hall–Kier alpha value is -1.75. The molecule has 21 heavy (non-hydrogen) atoms. The van der Waals surface area contributed by atoms with Crippen molar-refractivity contribution >= 4 is 11.6 Å². The number of nitrogens with two attached hydrogens (primary N) is 1. The lowest BCUT2D eigenvalue weighted by Gasteiger charge is -2.13. The van der Waals surface area contributed by atoms with Crippen LogP contribution in [-0.2, 0) is 6.42 Å². The van der Waals surface area contributed by atoms with Crippen molar-refractivity contribution in [3.8, 4) is 5.75 Å². The van der Waals surface area contributed by atoms with E-state index >= 15 is 0 Å². The van der Waals surface area contributed by atoms with Gasteiger partial charge in [-0.1, -0.05) is 0 Å². The Morgan fingerprint density at radius 2 is 2.24 bits per heavy atom. The number of hydrogen-bond donors (Lipinski definition) is 3. The van der Waals surface area contributed by atoms with Gasteiger partial charge in [0.05, 0.1) is 12.2 Å². The first kappa shape index (κ1) is 13.0. The summed E-state index contributed by atoms with van der Waals surface area (Å²) in [5.41, 5.74) is 9.43. The van der Waals surface area contributed by atoms with Crippen molar-refractivity contribution in [3.63, 3.8) is 0 Å². The predicted octanol–water partition coefficient (Wildman–Crippen LogP) is 0.707. The molecule has 3 aliphatic rings. The number of nitrogens with one attached hydrogen (secondary N) is 2. The van der Waals surface area contributed by atoms with E-state index < -0.39 is 0 Å². The number of piperidine rings is 1. The molecule has 2 heterocycles. The van der Waals surface area contributed by atoms with Gasteiger partial charge in [0.1, 0.15) is 5.75 Å². The second kappa shape index (κ2) is 4.63. The quantitative estimate of drug-likeness (QED) is 0.716. The maximum atomic E-state index is 12.5. The predicted molar refractivity (Wildman–Crippen MR) is 80.5 cm³/mol. The molecule has 0 bridgehead atoms. The van der Waals surface area contributed by atoms with Crippen molar-refractivity contribution in [2.24, 2.45) is 17.8 Å². The van der Waals surface area contributed by atoms with Crippen LogP contribution in [0.15, 0.2) is 6.07 Å². The summed E-state index contributed by atoms with van der Waals surface area (Å²) in [6.07, 6.45) is 0.793. The van der Waals surface area contributed by atoms with Crippen molar-refractivity contribution < 1.29 is 9.53 Å². The number of hydrogen-bond acceptors (Lipinski definition) is 4. The number of nitrogen functional groups attached to an aromatic ring is 1. The molecule has 1 saturated heterocycles. The Kier molecular flexibility index (Phi) is 2.85. The largest absolute Gasteiger partial charge is 0.492 e. The lowest BCUT2D eigenvalue weighted by Crippen LogP contribution is -2.29. The number of anilines is 1. The fraction of sp³-hybridized carbons (Fsp3) is 0.562. The van der Waals surface area contributed by atoms with Gasteiger partial charge in [-0.3, -0.25) is 4.79 Å². The lowest BCUT2D eigenvalue weighted by atomic mass is 10.0. The van der Waals surface area contributed by atoms with Gasteiger partial charge in [0.25, 0.3) is 5.91 Å². The minimum atomic E-state index is -0.0332. The number of aryl methyl sites for hydroxylation is 1. The Balaban J connectivity index is 1.49. The molecule has 5 heteroatoms. The Bertz CT molecular complexity index is 604. The van der Waals surface area contributed by atoms with Crippen LogP contribution in [0.5, 0.6) is 5.75 Å². The van der Waals surface area contributed by atoms with Gasteiger partial charge >= 0.3 is 0 Å². The zero-order chi connectivity index (χ0) is 14.6. The molecule has 2 aliphatic heterocycles. The van der Waals surface area contributed by atoms with E-state index in [4.69, 9.17) is 10.5 Å². The van der Waals surface area contributed by atoms with Crippen LogP contribution >= 0.6 is 0 Å². The number of carbonyl (C=O) groups excluding carboxylic acids is 1. The van der Waals surface area contributed by atoms with E-state index in [1.165, 1.54) is 0 Å². The number of fused-ring (bicyclic) bond motifs is 2. The highest BCUT2D eigenvalue weighted by molar-refractivity contribution is 5.98. The van der Waals surface area contributed by atoms with E-state index in [2.05, 4.69) is 10.6 Å². The van der Waals surface area contributed by atoms with Crippen molar-refractivity contribution in [1.82, 2.24) is 10.6 Å². The first-order valence-electron chi connectivity index (χ1n) is 7.70. The van der Waals surface area contributed by atoms with Gasteiger partial charge in [0.2, 0.25) is 0 Å². The number of benzene rings is 1. The van der Waals surface area contributed by atoms with Crippen LogP contribution in [0, 0.1) is 24.7 Å². The van der Waals surface area contributed by atoms with E-state index in [1.807, 2.05) is 13.0 Å². The second-order valence-electron chi connectivity index (χ2n) is 6.42. The van der Waals surface area contributed by atoms with Crippen LogP contribution < -0.4 is 21.1 Å². The van der Waals surface area contributed by atoms with Crippen LogP contribution in [0.3, 0.4) is 0 Å². The normalized spacial score (nSPS) is 28.7. The Labute approximate surface area is 124 Å². The summed E-state index contributed by atoms with van der Waals surface area (Å²) in [7, 11) is 0. The molecule has 1 aromatic rings. The van der Waals surface area contributed by atoms with Crippen molar-refractivity contribution in [2.45, 2.75) is 13.3 Å². The summed E-state index contributed by atoms with van der Waals surface area (Å²) >= 11 is 0. The molecule has 4 rings (SSSR count). The summed E-state index contributed by atoms with van der Waals surface area (Å²) in [5.74, 6) is 2.84. The van der Waals surface area contributed by atoms with Crippen LogP contribution in [0.4, 0.5) is 5.69 Å². The molecule has 2 atom stereocenters. The van der Waals surface area contributed by atoms with E-state index in [0.29, 0.717) is 23.8 Å². The van der Waals surface area contributed by atoms with E-state index in [-0.39, 0.29) is 5.91 Å². The van der Waals surface area contributed by atoms with E-state index in [1.54, 1.807) is 0 Å². The van der Waals surface area contributed by atoms with Crippen molar-refractivity contribution in [2.75, 3.05) is 32.0 Å². The molecule has 2 unspecified atom stereocenters. The lowest BCUT2D eigenvalue weighted by molar-refractivity contribution is 0.0947. The Morgan fingerprint density at radius 1 is 1.48 bits per heavy atom. The number of amides is 1. The molecule has 0 spiro atoms. The third-order valence-electron chi connectivity index (χ3n) is 5.24. The molecule has 5 nitrogen and oxygen atoms in total. The van der Waals surface area contributed by atoms with Gasteiger partial charge in [0, 0.05) is 24.2 Å². The monoisotopic (exact) mass is 287 g/mol. The summed E-state index contributed by atoms with van der Waals surface area (Å²) in [4.78, 5) is 12.5. The second-order valence-corrected chi connectivity index (χ2v) is 6.42. The highest BCUT2D eigenvalue weighted by Gasteiger charge is 2.52. The van der Waals surface area contributed by atoms with Crippen LogP contribution in [0.2, 0.25) is 0 Å². The molecular formula is C16H21N3O2. The van der Waals surface area contributed by atoms with Crippen LogP contribution in [-0.4, -0.2) is 32.1 Å². The highest BCUT2D eigenvalue weighted by atomic mass is 16.5. The van der Waals surface area contributed by atoms with Crippen LogP contribution in [0.25, 0.3) is 0 Å². The highest BCUT2D eigenvalue weighted by Crippen LogP contribution is 2.48. The average Bonchev–Trinajstić information content (AvgIpc) is 2.92. The molecule has 1 amide bonds. The fourth-order valence-corrected chi connectivity index (χ4v) is 3.87. The SMILES string of the molecule is Cc1cc(C(=O)NCC2C3CNCC32)c2c(c1N)CCO2. The van der Waals surface area contributed by atoms with E-state index in [9.17, 15) is 4.79 Å². The zero-order valence-electron chi connectivity index (χ0n) is 12.2. The third kappa shape index (κ3) is 1.99. The first-order chi connectivity index (χ1) is 10.2. The van der Waals surface area contributed by atoms with Crippen molar-refractivity contribution in [3.05, 3.63) is 22.8 Å². The molecule has 1 aromatic carbocycles. The minimum Gasteiger partial charge on any atom is -0.492 e. The average molecular weight is 287 g/mol. The molecule has 112 valence electrons. The molecule has 0 aromatic heterocycles. The summed E-state index contributed by atoms with van der Waals surface area (Å²) < 4.78 is 5.63. The number of rotatable bonds is 3. The zero-order valence-corrected chi connectivity index (χ0v) is 12.2. The molecule has 1 aliphatic carbocycles. The molecular weight excluding hydrogens is 266 g/mol. The molecule has 1 saturated carbocycles. The number of ether oxygens (including phenoxy) is 1. The van der Waals surface area contributed by atoms with Gasteiger partial charge in [0.15, 0.2) is 0 Å². The Morgan fingerprint density at radius 3 is 3.00 bits per heavy atom. The van der Waals surface area contributed by atoms with Crippen LogP contribution in [0.1, 0.15) is 21.5 Å². The first-order valence-corrected chi connectivity index (χ1v) is 7.70. The fourth-order valence-electron chi connectivity index (χ4n) is 3.87. The topological polar surface area (TPSA) is 76.4 Å². The maximum absolute atomic E-state index is 12.5. The van der Waals surface area contributed by atoms with Gasteiger partial charge in [-0.15, -0.1) is 0 Å². The van der Waals surface area contributed by atoms with Crippen molar-refractivity contribution in [1.29, 1.82) is 0 Å². The molecule has 0 radical (unpaired) electrons. The maximum Gasteiger partial charge on any atom is 0.255 e. The van der Waals surface area contributed by atoms with E-state index in [0.717, 1.165) is 54.7 Å². The third-order valence-corrected chi connectivity index (χ3v) is 5.24. The summed E-state index contributed by atoms with van der Waals surface area (Å²) in [6.45, 7) is 5.53.